The van der Waals surface area contributed by atoms with Crippen LogP contribution in [-0.4, -0.2) is 26.0 Å². The summed E-state index contributed by atoms with van der Waals surface area (Å²) in [4.78, 5) is 23.9. The molecule has 24 heavy (non-hydrogen) atoms. The van der Waals surface area contributed by atoms with E-state index in [9.17, 15) is 18.0 Å². The first-order valence-corrected chi connectivity index (χ1v) is 9.08. The molecule has 1 heterocycles. The Hall–Kier alpha value is -2.38. The van der Waals surface area contributed by atoms with Gasteiger partial charge in [0.2, 0.25) is 15.9 Å². The maximum absolute atomic E-state index is 12.2. The second-order valence-electron chi connectivity index (χ2n) is 5.24. The number of sulfonamides is 1. The van der Waals surface area contributed by atoms with E-state index in [0.717, 1.165) is 4.31 Å². The van der Waals surface area contributed by atoms with Gasteiger partial charge in [0, 0.05) is 22.7 Å². The molecule has 2 aromatic rings. The number of benzene rings is 2. The zero-order valence-corrected chi connectivity index (χ0v) is 14.0. The van der Waals surface area contributed by atoms with E-state index in [1.807, 2.05) is 0 Å². The van der Waals surface area contributed by atoms with E-state index in [1.54, 1.807) is 24.3 Å². The van der Waals surface area contributed by atoms with E-state index >= 15 is 0 Å². The zero-order valence-electron chi connectivity index (χ0n) is 12.4. The lowest BCUT2D eigenvalue weighted by Crippen LogP contribution is -2.29. The van der Waals surface area contributed by atoms with Crippen LogP contribution >= 0.6 is 11.6 Å². The zero-order chi connectivity index (χ0) is 17.3. The molecule has 0 saturated carbocycles. The molecule has 2 amide bonds. The van der Waals surface area contributed by atoms with Crippen molar-refractivity contribution in [3.05, 3.63) is 59.1 Å². The molecule has 2 aromatic carbocycles. The Balaban J connectivity index is 1.79. The molecule has 0 unspecified atom stereocenters. The lowest BCUT2D eigenvalue weighted by atomic mass is 10.2. The van der Waals surface area contributed by atoms with Gasteiger partial charge in [-0.15, -0.1) is 0 Å². The van der Waals surface area contributed by atoms with Gasteiger partial charge < -0.3 is 5.32 Å². The van der Waals surface area contributed by atoms with Crippen molar-refractivity contribution in [2.75, 3.05) is 15.4 Å². The first-order chi connectivity index (χ1) is 11.4. The van der Waals surface area contributed by atoms with Gasteiger partial charge in [-0.1, -0.05) is 17.7 Å². The number of nitrogens with one attached hydrogen (secondary N) is 1. The van der Waals surface area contributed by atoms with Crippen molar-refractivity contribution in [1.29, 1.82) is 0 Å². The third-order valence-corrected chi connectivity index (χ3v) is 5.45. The van der Waals surface area contributed by atoms with Crippen molar-refractivity contribution < 1.29 is 18.0 Å². The summed E-state index contributed by atoms with van der Waals surface area (Å²) in [6.45, 7) is 0. The topological polar surface area (TPSA) is 83.6 Å². The SMILES string of the molecule is O=C(Nc1cccc(Cl)c1)c1ccc(N2C(=O)CCS2(=O)=O)cc1. The average molecular weight is 365 g/mol. The molecule has 0 atom stereocenters. The van der Waals surface area contributed by atoms with Crippen molar-refractivity contribution in [2.45, 2.75) is 6.42 Å². The molecule has 0 spiro atoms. The van der Waals surface area contributed by atoms with Gasteiger partial charge in [-0.05, 0) is 42.5 Å². The largest absolute Gasteiger partial charge is 0.322 e. The van der Waals surface area contributed by atoms with Gasteiger partial charge in [0.15, 0.2) is 0 Å². The van der Waals surface area contributed by atoms with Gasteiger partial charge in [-0.25, -0.2) is 12.7 Å². The Bertz CT molecular complexity index is 910. The highest BCUT2D eigenvalue weighted by Crippen LogP contribution is 2.25. The molecule has 0 radical (unpaired) electrons. The Morgan fingerprint density at radius 3 is 2.42 bits per heavy atom. The minimum Gasteiger partial charge on any atom is -0.322 e. The van der Waals surface area contributed by atoms with Crippen molar-refractivity contribution in [3.63, 3.8) is 0 Å². The first kappa shape index (κ1) is 16.5. The molecule has 1 aliphatic rings. The summed E-state index contributed by atoms with van der Waals surface area (Å²) in [6.07, 6.45) is -0.0284. The molecule has 0 bridgehead atoms. The van der Waals surface area contributed by atoms with E-state index in [2.05, 4.69) is 5.32 Å². The average Bonchev–Trinajstić information content (AvgIpc) is 2.81. The predicted octanol–water partition coefficient (Wildman–Crippen LogP) is 2.66. The first-order valence-electron chi connectivity index (χ1n) is 7.10. The summed E-state index contributed by atoms with van der Waals surface area (Å²) in [6, 6.07) is 12.5. The van der Waals surface area contributed by atoms with Crippen LogP contribution in [0.15, 0.2) is 48.5 Å². The second-order valence-corrected chi connectivity index (χ2v) is 7.61. The summed E-state index contributed by atoms with van der Waals surface area (Å²) in [7, 11) is -3.61. The van der Waals surface area contributed by atoms with Crippen LogP contribution in [-0.2, 0) is 14.8 Å². The molecule has 1 aliphatic heterocycles. The van der Waals surface area contributed by atoms with Gasteiger partial charge in [0.05, 0.1) is 11.4 Å². The van der Waals surface area contributed by atoms with Crippen molar-refractivity contribution in [3.8, 4) is 0 Å². The van der Waals surface area contributed by atoms with Crippen LogP contribution in [0.5, 0.6) is 0 Å². The normalized spacial score (nSPS) is 16.2. The number of halogens is 1. The predicted molar refractivity (Wildman–Crippen MR) is 91.7 cm³/mol. The molecule has 0 aromatic heterocycles. The minimum absolute atomic E-state index is 0.0284. The number of nitrogens with zero attached hydrogens (tertiary/aromatic N) is 1. The molecular weight excluding hydrogens is 352 g/mol. The molecule has 6 nitrogen and oxygen atoms in total. The summed E-state index contributed by atoms with van der Waals surface area (Å²) in [5.41, 5.74) is 1.12. The standard InChI is InChI=1S/C16H13ClN2O4S/c17-12-2-1-3-13(10-12)18-16(21)11-4-6-14(7-5-11)19-15(20)8-9-24(19,22)23/h1-7,10H,8-9H2,(H,18,21). The molecule has 0 aliphatic carbocycles. The summed E-state index contributed by atoms with van der Waals surface area (Å²) < 4.78 is 24.5. The summed E-state index contributed by atoms with van der Waals surface area (Å²) >= 11 is 5.86. The fraction of sp³-hybridized carbons (Fsp3) is 0.125. The third-order valence-electron chi connectivity index (χ3n) is 3.53. The Labute approximate surface area is 144 Å². The van der Waals surface area contributed by atoms with Gasteiger partial charge in [0.25, 0.3) is 5.91 Å². The van der Waals surface area contributed by atoms with E-state index in [1.165, 1.54) is 24.3 Å². The van der Waals surface area contributed by atoms with Crippen molar-refractivity contribution >= 4 is 44.8 Å². The highest BCUT2D eigenvalue weighted by molar-refractivity contribution is 7.94. The van der Waals surface area contributed by atoms with Crippen molar-refractivity contribution in [2.24, 2.45) is 0 Å². The van der Waals surface area contributed by atoms with Gasteiger partial charge in [0.1, 0.15) is 0 Å². The fourth-order valence-corrected chi connectivity index (χ4v) is 4.04. The maximum atomic E-state index is 12.2. The summed E-state index contributed by atoms with van der Waals surface area (Å²) in [5, 5.41) is 3.19. The summed E-state index contributed by atoms with van der Waals surface area (Å²) in [5.74, 6) is -1.02. The lowest BCUT2D eigenvalue weighted by Gasteiger charge is -2.15. The Morgan fingerprint density at radius 1 is 1.12 bits per heavy atom. The minimum atomic E-state index is -3.61. The van der Waals surface area contributed by atoms with Crippen LogP contribution in [0.2, 0.25) is 5.02 Å². The van der Waals surface area contributed by atoms with E-state index in [0.29, 0.717) is 16.3 Å². The lowest BCUT2D eigenvalue weighted by molar-refractivity contribution is -0.116. The highest BCUT2D eigenvalue weighted by Gasteiger charge is 2.36. The Morgan fingerprint density at radius 2 is 1.83 bits per heavy atom. The molecular formula is C16H13ClN2O4S. The number of hydrogen-bond donors (Lipinski definition) is 1. The third kappa shape index (κ3) is 3.27. The number of carbonyl (C=O) groups excluding carboxylic acids is 2. The molecule has 124 valence electrons. The van der Waals surface area contributed by atoms with Gasteiger partial charge in [-0.3, -0.25) is 9.59 Å². The van der Waals surface area contributed by atoms with Crippen molar-refractivity contribution in [1.82, 2.24) is 0 Å². The van der Waals surface area contributed by atoms with Crippen LogP contribution in [0.3, 0.4) is 0 Å². The molecule has 1 N–H and O–H groups in total. The highest BCUT2D eigenvalue weighted by atomic mass is 35.5. The molecule has 3 rings (SSSR count). The molecule has 8 heteroatoms. The van der Waals surface area contributed by atoms with Crippen LogP contribution in [0.1, 0.15) is 16.8 Å². The van der Waals surface area contributed by atoms with Crippen LogP contribution in [0.25, 0.3) is 0 Å². The number of rotatable bonds is 3. The van der Waals surface area contributed by atoms with E-state index in [-0.39, 0.29) is 23.8 Å². The number of anilines is 2. The van der Waals surface area contributed by atoms with E-state index < -0.39 is 15.9 Å². The number of hydrogen-bond acceptors (Lipinski definition) is 4. The van der Waals surface area contributed by atoms with Crippen LogP contribution in [0.4, 0.5) is 11.4 Å². The monoisotopic (exact) mass is 364 g/mol. The van der Waals surface area contributed by atoms with Gasteiger partial charge in [-0.2, -0.15) is 0 Å². The Kier molecular flexibility index (Phi) is 4.29. The quantitative estimate of drug-likeness (QED) is 0.907. The van der Waals surface area contributed by atoms with Gasteiger partial charge >= 0.3 is 0 Å². The molecule has 1 saturated heterocycles. The second kappa shape index (κ2) is 6.26. The van der Waals surface area contributed by atoms with Crippen LogP contribution in [0, 0.1) is 0 Å². The fourth-order valence-electron chi connectivity index (χ4n) is 2.39. The van der Waals surface area contributed by atoms with Crippen LogP contribution < -0.4 is 9.62 Å². The maximum Gasteiger partial charge on any atom is 0.255 e. The smallest absolute Gasteiger partial charge is 0.255 e. The molecule has 1 fully saturated rings. The van der Waals surface area contributed by atoms with E-state index in [4.69, 9.17) is 11.6 Å². The number of carbonyl (C=O) groups is 2. The number of amides is 2.